The van der Waals surface area contributed by atoms with Crippen LogP contribution in [0.3, 0.4) is 0 Å². The van der Waals surface area contributed by atoms with E-state index in [9.17, 15) is 0 Å². The molecule has 1 aromatic rings. The van der Waals surface area contributed by atoms with Gasteiger partial charge in [-0.15, -0.1) is 11.3 Å². The van der Waals surface area contributed by atoms with E-state index in [0.29, 0.717) is 0 Å². The molecule has 0 amide bonds. The minimum absolute atomic E-state index is 0.937. The molecule has 0 saturated carbocycles. The third-order valence-electron chi connectivity index (χ3n) is 0.987. The Kier molecular flexibility index (Phi) is 3.09. The summed E-state index contributed by atoms with van der Waals surface area (Å²) in [5, 5.41) is 0. The van der Waals surface area contributed by atoms with Gasteiger partial charge in [-0.25, -0.2) is 0 Å². The van der Waals surface area contributed by atoms with E-state index >= 15 is 0 Å². The van der Waals surface area contributed by atoms with Crippen LogP contribution in [-0.2, 0) is 6.42 Å². The van der Waals surface area contributed by atoms with Crippen LogP contribution in [0, 0.1) is 0 Å². The van der Waals surface area contributed by atoms with Crippen molar-refractivity contribution in [2.75, 3.05) is 5.75 Å². The van der Waals surface area contributed by atoms with E-state index in [1.807, 2.05) is 0 Å². The maximum Gasteiger partial charge on any atom is 0.0701 e. The van der Waals surface area contributed by atoms with Crippen molar-refractivity contribution >= 4 is 39.9 Å². The molecule has 0 saturated heterocycles. The fourth-order valence-electron chi connectivity index (χ4n) is 0.596. The molecular formula is C6H7BrS2. The molecule has 1 heterocycles. The lowest BCUT2D eigenvalue weighted by Crippen LogP contribution is -1.76. The van der Waals surface area contributed by atoms with Gasteiger partial charge in [0, 0.05) is 4.88 Å². The molecule has 0 unspecified atom stereocenters. The van der Waals surface area contributed by atoms with Crippen LogP contribution in [0.25, 0.3) is 0 Å². The molecule has 9 heavy (non-hydrogen) atoms. The lowest BCUT2D eigenvalue weighted by molar-refractivity contribution is 1.21. The predicted octanol–water partition coefficient (Wildman–Crippen LogP) is 2.98. The quantitative estimate of drug-likeness (QED) is 0.732. The van der Waals surface area contributed by atoms with Crippen molar-refractivity contribution in [3.05, 3.63) is 20.8 Å². The van der Waals surface area contributed by atoms with Gasteiger partial charge in [-0.2, -0.15) is 12.6 Å². The number of thiol groups is 1. The summed E-state index contributed by atoms with van der Waals surface area (Å²) in [5.74, 6) is 0.937. The van der Waals surface area contributed by atoms with Gasteiger partial charge >= 0.3 is 0 Å². The topological polar surface area (TPSA) is 0 Å². The molecule has 0 fully saturated rings. The zero-order chi connectivity index (χ0) is 6.69. The summed E-state index contributed by atoms with van der Waals surface area (Å²) in [7, 11) is 0. The first-order valence-electron chi connectivity index (χ1n) is 2.68. The van der Waals surface area contributed by atoms with Gasteiger partial charge in [0.05, 0.1) is 3.79 Å². The number of thiophene rings is 1. The summed E-state index contributed by atoms with van der Waals surface area (Å²) in [6, 6.07) is 4.20. The first kappa shape index (κ1) is 7.63. The number of halogens is 1. The Hall–Kier alpha value is 0.530. The van der Waals surface area contributed by atoms with Gasteiger partial charge in [-0.1, -0.05) is 0 Å². The van der Waals surface area contributed by atoms with Crippen molar-refractivity contribution in [3.8, 4) is 0 Å². The summed E-state index contributed by atoms with van der Waals surface area (Å²) >= 11 is 9.31. The standard InChI is InChI=1S/C6H7BrS2/c7-6-2-1-5(9-6)3-4-8/h1-2,8H,3-4H2. The molecular weight excluding hydrogens is 216 g/mol. The third-order valence-corrected chi connectivity index (χ3v) is 2.89. The van der Waals surface area contributed by atoms with E-state index in [0.717, 1.165) is 12.2 Å². The molecule has 0 aliphatic heterocycles. The predicted molar refractivity (Wildman–Crippen MR) is 49.6 cm³/mol. The second-order valence-corrected chi connectivity index (χ2v) is 4.67. The first-order valence-corrected chi connectivity index (χ1v) is 4.92. The monoisotopic (exact) mass is 222 g/mol. The molecule has 0 aliphatic carbocycles. The second-order valence-electron chi connectivity index (χ2n) is 1.68. The SMILES string of the molecule is SCCc1ccc(Br)s1. The van der Waals surface area contributed by atoms with Crippen LogP contribution < -0.4 is 0 Å². The second kappa shape index (κ2) is 3.64. The maximum atomic E-state index is 4.13. The van der Waals surface area contributed by atoms with E-state index in [1.165, 1.54) is 8.66 Å². The Labute approximate surface area is 72.8 Å². The Bertz CT molecular complexity index is 183. The number of hydrogen-bond acceptors (Lipinski definition) is 2. The minimum Gasteiger partial charge on any atom is -0.179 e. The smallest absolute Gasteiger partial charge is 0.0701 e. The van der Waals surface area contributed by atoms with Crippen molar-refractivity contribution in [2.45, 2.75) is 6.42 Å². The highest BCUT2D eigenvalue weighted by molar-refractivity contribution is 9.11. The molecule has 0 aliphatic rings. The first-order chi connectivity index (χ1) is 4.33. The van der Waals surface area contributed by atoms with Gasteiger partial charge in [0.2, 0.25) is 0 Å². The van der Waals surface area contributed by atoms with E-state index in [1.54, 1.807) is 11.3 Å². The molecule has 0 nitrogen and oxygen atoms in total. The highest BCUT2D eigenvalue weighted by Gasteiger charge is 1.93. The minimum atomic E-state index is 0.937. The molecule has 0 radical (unpaired) electrons. The Morgan fingerprint density at radius 3 is 2.78 bits per heavy atom. The molecule has 3 heteroatoms. The van der Waals surface area contributed by atoms with Crippen LogP contribution in [0.15, 0.2) is 15.9 Å². The molecule has 0 N–H and O–H groups in total. The summed E-state index contributed by atoms with van der Waals surface area (Å²) < 4.78 is 1.21. The van der Waals surface area contributed by atoms with Crippen molar-refractivity contribution in [2.24, 2.45) is 0 Å². The zero-order valence-electron chi connectivity index (χ0n) is 4.80. The lowest BCUT2D eigenvalue weighted by Gasteiger charge is -1.86. The summed E-state index contributed by atoms with van der Waals surface area (Å²) in [6.45, 7) is 0. The summed E-state index contributed by atoms with van der Waals surface area (Å²) in [4.78, 5) is 1.40. The summed E-state index contributed by atoms with van der Waals surface area (Å²) in [6.07, 6.45) is 1.08. The molecule has 0 spiro atoms. The Morgan fingerprint density at radius 2 is 2.33 bits per heavy atom. The van der Waals surface area contributed by atoms with Gasteiger partial charge < -0.3 is 0 Å². The van der Waals surface area contributed by atoms with Gasteiger partial charge in [0.1, 0.15) is 0 Å². The van der Waals surface area contributed by atoms with Crippen LogP contribution in [0.2, 0.25) is 0 Å². The van der Waals surface area contributed by atoms with Crippen molar-refractivity contribution in [1.29, 1.82) is 0 Å². The fraction of sp³-hybridized carbons (Fsp3) is 0.333. The Balaban J connectivity index is 2.61. The molecule has 1 aromatic heterocycles. The third kappa shape index (κ3) is 2.32. The molecule has 0 aromatic carbocycles. The number of hydrogen-bond donors (Lipinski definition) is 1. The highest BCUT2D eigenvalue weighted by atomic mass is 79.9. The van der Waals surface area contributed by atoms with Crippen molar-refractivity contribution in [1.82, 2.24) is 0 Å². The van der Waals surface area contributed by atoms with Crippen LogP contribution in [0.1, 0.15) is 4.88 Å². The zero-order valence-corrected chi connectivity index (χ0v) is 8.10. The van der Waals surface area contributed by atoms with Crippen LogP contribution >= 0.6 is 39.9 Å². The van der Waals surface area contributed by atoms with Crippen LogP contribution in [-0.4, -0.2) is 5.75 Å². The van der Waals surface area contributed by atoms with Gasteiger partial charge in [0.25, 0.3) is 0 Å². The largest absolute Gasteiger partial charge is 0.179 e. The normalized spacial score (nSPS) is 10.0. The van der Waals surface area contributed by atoms with Crippen molar-refractivity contribution < 1.29 is 0 Å². The van der Waals surface area contributed by atoms with Gasteiger partial charge in [-0.3, -0.25) is 0 Å². The van der Waals surface area contributed by atoms with Crippen molar-refractivity contribution in [3.63, 3.8) is 0 Å². The highest BCUT2D eigenvalue weighted by Crippen LogP contribution is 2.22. The molecule has 0 atom stereocenters. The fourth-order valence-corrected chi connectivity index (χ4v) is 2.47. The van der Waals surface area contributed by atoms with E-state index < -0.39 is 0 Å². The van der Waals surface area contributed by atoms with E-state index in [2.05, 4.69) is 40.7 Å². The number of aryl methyl sites for hydroxylation is 1. The maximum absolute atomic E-state index is 4.13. The molecule has 50 valence electrons. The van der Waals surface area contributed by atoms with Crippen LogP contribution in [0.5, 0.6) is 0 Å². The molecule has 0 bridgehead atoms. The number of rotatable bonds is 2. The lowest BCUT2D eigenvalue weighted by atomic mass is 10.4. The van der Waals surface area contributed by atoms with Gasteiger partial charge in [-0.05, 0) is 40.2 Å². The van der Waals surface area contributed by atoms with E-state index in [4.69, 9.17) is 0 Å². The Morgan fingerprint density at radius 1 is 1.56 bits per heavy atom. The average molecular weight is 223 g/mol. The average Bonchev–Trinajstić information content (AvgIpc) is 2.17. The molecule has 1 rings (SSSR count). The van der Waals surface area contributed by atoms with Gasteiger partial charge in [0.15, 0.2) is 0 Å². The van der Waals surface area contributed by atoms with E-state index in [-0.39, 0.29) is 0 Å². The van der Waals surface area contributed by atoms with Crippen LogP contribution in [0.4, 0.5) is 0 Å². The summed E-state index contributed by atoms with van der Waals surface area (Å²) in [5.41, 5.74) is 0.